The fourth-order valence-corrected chi connectivity index (χ4v) is 4.05. The first-order valence-corrected chi connectivity index (χ1v) is 11.3. The zero-order valence-electron chi connectivity index (χ0n) is 20.7. The second-order valence-electron chi connectivity index (χ2n) is 8.13. The van der Waals surface area contributed by atoms with Crippen LogP contribution in [-0.2, 0) is 49.5 Å². The van der Waals surface area contributed by atoms with E-state index in [-0.39, 0.29) is 13.0 Å². The van der Waals surface area contributed by atoms with Gasteiger partial charge in [-0.05, 0) is 12.0 Å². The molecule has 1 aliphatic rings. The van der Waals surface area contributed by atoms with Crippen LogP contribution in [0.3, 0.4) is 0 Å². The predicted molar refractivity (Wildman–Crippen MR) is 124 cm³/mol. The number of amides is 1. The third kappa shape index (κ3) is 7.82. The van der Waals surface area contributed by atoms with Gasteiger partial charge in [0.2, 0.25) is 0 Å². The molecule has 1 aromatic carbocycles. The topological polar surface area (TPSA) is 135 Å². The summed E-state index contributed by atoms with van der Waals surface area (Å²) in [5.41, 5.74) is 0.713. The fraction of sp³-hybridized carbons (Fsp3) is 0.480. The monoisotopic (exact) mass is 505 g/mol. The number of benzene rings is 1. The van der Waals surface area contributed by atoms with Gasteiger partial charge in [0.05, 0.1) is 6.04 Å². The molecule has 0 radical (unpaired) electrons. The molecule has 0 bridgehead atoms. The summed E-state index contributed by atoms with van der Waals surface area (Å²) in [5.74, 6) is -2.87. The van der Waals surface area contributed by atoms with Crippen LogP contribution in [0.2, 0.25) is 0 Å². The molecule has 1 heterocycles. The number of hydrogen-bond acceptors (Lipinski definition) is 10. The lowest BCUT2D eigenvalue weighted by Gasteiger charge is -2.50. The number of ether oxygens (including phenoxy) is 5. The quantitative estimate of drug-likeness (QED) is 0.279. The summed E-state index contributed by atoms with van der Waals surface area (Å²) in [6.45, 7) is 7.81. The zero-order chi connectivity index (χ0) is 26.8. The summed E-state index contributed by atoms with van der Waals surface area (Å²) in [6, 6.07) is 6.82. The first kappa shape index (κ1) is 28.3. The lowest BCUT2D eigenvalue weighted by atomic mass is 9.86. The van der Waals surface area contributed by atoms with Gasteiger partial charge in [-0.25, -0.2) is 4.79 Å². The molecule has 1 fully saturated rings. The Bertz CT molecular complexity index is 963. The van der Waals surface area contributed by atoms with Crippen LogP contribution in [0.25, 0.3) is 0 Å². The van der Waals surface area contributed by atoms with Crippen molar-refractivity contribution in [2.45, 2.75) is 71.1 Å². The van der Waals surface area contributed by atoms with Crippen LogP contribution < -0.4 is 0 Å². The molecule has 0 spiro atoms. The molecular weight excluding hydrogens is 474 g/mol. The molecule has 11 nitrogen and oxygen atoms in total. The number of hydrogen-bond donors (Lipinski definition) is 0. The maximum Gasteiger partial charge on any atom is 0.411 e. The van der Waals surface area contributed by atoms with Crippen molar-refractivity contribution in [1.29, 1.82) is 0 Å². The highest BCUT2D eigenvalue weighted by atomic mass is 16.6. The third-order valence-corrected chi connectivity index (χ3v) is 5.31. The summed E-state index contributed by atoms with van der Waals surface area (Å²) < 4.78 is 27.1. The standard InChI is InChI=1S/C25H31NO10/c1-6-10-20-22(34-16(3)28)24(36-18(5)30)23(35-17(4)29)21(14-32-15(2)27)26(20)25(31)33-13-19-11-8-7-9-12-19/h6-9,11-12,20-24H,1,10,13-14H2,2-5H3/t20-,21-,22+,23-,24-/m1/s1. The SMILES string of the molecule is C=CC[C@@H]1[C@H](OC(C)=O)[C@@H](OC(C)=O)[C@H](OC(C)=O)[C@@H](COC(C)=O)N1C(=O)OCc1ccccc1. The largest absolute Gasteiger partial charge is 0.464 e. The van der Waals surface area contributed by atoms with Crippen LogP contribution in [0, 0.1) is 0 Å². The van der Waals surface area contributed by atoms with Gasteiger partial charge in [-0.15, -0.1) is 6.58 Å². The molecular formula is C25H31NO10. The predicted octanol–water partition coefficient (Wildman–Crippen LogP) is 2.31. The van der Waals surface area contributed by atoms with Gasteiger partial charge in [0.15, 0.2) is 18.3 Å². The number of carbonyl (C=O) groups is 5. The number of nitrogens with zero attached hydrogens (tertiary/aromatic N) is 1. The molecule has 11 heteroatoms. The minimum atomic E-state index is -1.35. The van der Waals surface area contributed by atoms with E-state index < -0.39 is 67.0 Å². The van der Waals surface area contributed by atoms with Crippen molar-refractivity contribution < 1.29 is 47.7 Å². The molecule has 196 valence electrons. The molecule has 0 aliphatic carbocycles. The van der Waals surface area contributed by atoms with E-state index in [4.69, 9.17) is 23.7 Å². The Hall–Kier alpha value is -3.89. The van der Waals surface area contributed by atoms with E-state index in [1.165, 1.54) is 17.9 Å². The van der Waals surface area contributed by atoms with Crippen LogP contribution in [0.15, 0.2) is 43.0 Å². The molecule has 0 saturated carbocycles. The molecule has 2 rings (SSSR count). The van der Waals surface area contributed by atoms with E-state index in [1.807, 2.05) is 6.07 Å². The Morgan fingerprint density at radius 1 is 0.778 bits per heavy atom. The highest BCUT2D eigenvalue weighted by Gasteiger charge is 2.56. The lowest BCUT2D eigenvalue weighted by Crippen LogP contribution is -2.70. The van der Waals surface area contributed by atoms with Gasteiger partial charge in [-0.1, -0.05) is 36.4 Å². The van der Waals surface area contributed by atoms with E-state index in [2.05, 4.69) is 6.58 Å². The second-order valence-corrected chi connectivity index (χ2v) is 8.13. The number of rotatable bonds is 9. The van der Waals surface area contributed by atoms with Gasteiger partial charge in [-0.2, -0.15) is 0 Å². The highest BCUT2D eigenvalue weighted by molar-refractivity contribution is 5.72. The Kier molecular flexibility index (Phi) is 10.4. The van der Waals surface area contributed by atoms with Gasteiger partial charge in [0.25, 0.3) is 0 Å². The van der Waals surface area contributed by atoms with Gasteiger partial charge in [0, 0.05) is 27.7 Å². The van der Waals surface area contributed by atoms with Crippen molar-refractivity contribution in [3.63, 3.8) is 0 Å². The van der Waals surface area contributed by atoms with Crippen molar-refractivity contribution in [3.8, 4) is 0 Å². The smallest absolute Gasteiger partial charge is 0.411 e. The zero-order valence-corrected chi connectivity index (χ0v) is 20.7. The maximum atomic E-state index is 13.4. The van der Waals surface area contributed by atoms with Gasteiger partial charge < -0.3 is 23.7 Å². The molecule has 0 N–H and O–H groups in total. The Labute approximate surface area is 209 Å². The van der Waals surface area contributed by atoms with Crippen LogP contribution in [0.4, 0.5) is 4.79 Å². The molecule has 1 amide bonds. The minimum absolute atomic E-state index is 0.0822. The number of carbonyl (C=O) groups excluding carboxylic acids is 5. The van der Waals surface area contributed by atoms with Gasteiger partial charge >= 0.3 is 30.0 Å². The molecule has 5 atom stereocenters. The Morgan fingerprint density at radius 3 is 1.81 bits per heavy atom. The van der Waals surface area contributed by atoms with Gasteiger partial charge in [-0.3, -0.25) is 24.1 Å². The van der Waals surface area contributed by atoms with Crippen molar-refractivity contribution in [2.75, 3.05) is 6.61 Å². The van der Waals surface area contributed by atoms with E-state index >= 15 is 0 Å². The van der Waals surface area contributed by atoms with Crippen molar-refractivity contribution in [1.82, 2.24) is 4.90 Å². The fourth-order valence-electron chi connectivity index (χ4n) is 4.05. The molecule has 0 aromatic heterocycles. The van der Waals surface area contributed by atoms with E-state index in [1.54, 1.807) is 24.3 Å². The molecule has 1 aromatic rings. The van der Waals surface area contributed by atoms with Crippen LogP contribution >= 0.6 is 0 Å². The summed E-state index contributed by atoms with van der Waals surface area (Å²) in [4.78, 5) is 62.3. The maximum absolute atomic E-state index is 13.4. The summed E-state index contributed by atoms with van der Waals surface area (Å²) in [6.07, 6.45) is -3.18. The number of piperidine rings is 1. The van der Waals surface area contributed by atoms with Crippen LogP contribution in [-0.4, -0.2) is 71.9 Å². The minimum Gasteiger partial charge on any atom is -0.464 e. The first-order valence-electron chi connectivity index (χ1n) is 11.3. The Morgan fingerprint density at radius 2 is 1.31 bits per heavy atom. The van der Waals surface area contributed by atoms with Crippen LogP contribution in [0.5, 0.6) is 0 Å². The number of likely N-dealkylation sites (tertiary alicyclic amines) is 1. The van der Waals surface area contributed by atoms with Crippen LogP contribution in [0.1, 0.15) is 39.7 Å². The summed E-state index contributed by atoms with van der Waals surface area (Å²) in [5, 5.41) is 0. The van der Waals surface area contributed by atoms with E-state index in [9.17, 15) is 24.0 Å². The molecule has 36 heavy (non-hydrogen) atoms. The third-order valence-electron chi connectivity index (χ3n) is 5.31. The summed E-state index contributed by atoms with van der Waals surface area (Å²) >= 11 is 0. The number of esters is 4. The van der Waals surface area contributed by atoms with Crippen molar-refractivity contribution in [2.24, 2.45) is 0 Å². The normalized spacial score (nSPS) is 23.1. The summed E-state index contributed by atoms with van der Waals surface area (Å²) in [7, 11) is 0. The van der Waals surface area contributed by atoms with Gasteiger partial charge in [0.1, 0.15) is 19.3 Å². The second kappa shape index (κ2) is 13.3. The first-order chi connectivity index (χ1) is 17.0. The van der Waals surface area contributed by atoms with Crippen molar-refractivity contribution in [3.05, 3.63) is 48.6 Å². The molecule has 1 saturated heterocycles. The molecule has 0 unspecified atom stereocenters. The van der Waals surface area contributed by atoms with E-state index in [0.717, 1.165) is 20.8 Å². The average molecular weight is 506 g/mol. The average Bonchev–Trinajstić information content (AvgIpc) is 2.79. The Balaban J connectivity index is 2.58. The lowest BCUT2D eigenvalue weighted by molar-refractivity contribution is -0.214. The molecule has 1 aliphatic heterocycles. The van der Waals surface area contributed by atoms with E-state index in [0.29, 0.717) is 5.56 Å². The van der Waals surface area contributed by atoms with Crippen molar-refractivity contribution >= 4 is 30.0 Å². The highest BCUT2D eigenvalue weighted by Crippen LogP contribution is 2.34.